The first-order valence-corrected chi connectivity index (χ1v) is 10.1. The third kappa shape index (κ3) is 5.51. The molecule has 1 unspecified atom stereocenters. The Hall–Kier alpha value is -3.53. The minimum absolute atomic E-state index is 0.0956. The average molecular weight is 406 g/mol. The molecule has 30 heavy (non-hydrogen) atoms. The highest BCUT2D eigenvalue weighted by Gasteiger charge is 2.24. The van der Waals surface area contributed by atoms with Crippen LogP contribution in [0.4, 0.5) is 10.5 Å². The Kier molecular flexibility index (Phi) is 6.91. The van der Waals surface area contributed by atoms with Gasteiger partial charge in [0.05, 0.1) is 24.1 Å². The molecule has 0 saturated carbocycles. The molecule has 0 spiro atoms. The summed E-state index contributed by atoms with van der Waals surface area (Å²) in [6.45, 7) is 3.61. The monoisotopic (exact) mass is 405 g/mol. The topological polar surface area (TPSA) is 111 Å². The summed E-state index contributed by atoms with van der Waals surface area (Å²) < 4.78 is 0. The largest absolute Gasteiger partial charge is 0.371 e. The van der Waals surface area contributed by atoms with Gasteiger partial charge in [-0.25, -0.2) is 4.79 Å². The Morgan fingerprint density at radius 1 is 1.17 bits per heavy atom. The molecule has 7 heteroatoms. The van der Waals surface area contributed by atoms with Gasteiger partial charge < -0.3 is 21.3 Å². The van der Waals surface area contributed by atoms with Crippen LogP contribution in [-0.4, -0.2) is 31.1 Å². The molecule has 0 radical (unpaired) electrons. The number of aryl methyl sites for hydroxylation is 1. The van der Waals surface area contributed by atoms with Crippen molar-refractivity contribution < 1.29 is 9.59 Å². The number of anilines is 1. The molecule has 156 valence electrons. The van der Waals surface area contributed by atoms with Gasteiger partial charge in [0.25, 0.3) is 0 Å². The number of urea groups is 1. The van der Waals surface area contributed by atoms with Crippen molar-refractivity contribution in [2.24, 2.45) is 5.73 Å². The summed E-state index contributed by atoms with van der Waals surface area (Å²) in [6, 6.07) is 16.3. The van der Waals surface area contributed by atoms with Crippen molar-refractivity contribution in [3.8, 4) is 6.07 Å². The number of nitriles is 1. The lowest BCUT2D eigenvalue weighted by molar-refractivity contribution is -0.122. The number of primary amides is 1. The van der Waals surface area contributed by atoms with Crippen LogP contribution in [0.2, 0.25) is 0 Å². The molecule has 3 rings (SSSR count). The normalized spacial score (nSPS) is 15.1. The summed E-state index contributed by atoms with van der Waals surface area (Å²) in [7, 11) is 0. The Balaban J connectivity index is 1.54. The number of nitrogens with zero attached hydrogens (tertiary/aromatic N) is 2. The first-order chi connectivity index (χ1) is 14.5. The van der Waals surface area contributed by atoms with Gasteiger partial charge in [-0.3, -0.25) is 4.79 Å². The molecular weight excluding hydrogens is 378 g/mol. The SMILES string of the molecule is Cc1ccccc1C(CC(=O)NC1CCN(c2ccc(C#N)cc2)CC1)NC(N)=O. The van der Waals surface area contributed by atoms with Crippen molar-refractivity contribution in [3.05, 3.63) is 65.2 Å². The Bertz CT molecular complexity index is 927. The molecule has 1 heterocycles. The van der Waals surface area contributed by atoms with Crippen molar-refractivity contribution in [1.29, 1.82) is 5.26 Å². The number of hydrogen-bond acceptors (Lipinski definition) is 4. The summed E-state index contributed by atoms with van der Waals surface area (Å²) in [4.78, 5) is 26.4. The Morgan fingerprint density at radius 2 is 1.83 bits per heavy atom. The van der Waals surface area contributed by atoms with Crippen molar-refractivity contribution in [1.82, 2.24) is 10.6 Å². The number of rotatable bonds is 6. The van der Waals surface area contributed by atoms with Gasteiger partial charge in [0, 0.05) is 24.8 Å². The van der Waals surface area contributed by atoms with Crippen LogP contribution in [0.1, 0.15) is 42.0 Å². The van der Waals surface area contributed by atoms with Gasteiger partial charge in [-0.05, 0) is 55.2 Å². The lowest BCUT2D eigenvalue weighted by Gasteiger charge is -2.34. The van der Waals surface area contributed by atoms with Crippen LogP contribution in [0.25, 0.3) is 0 Å². The molecule has 1 aliphatic heterocycles. The summed E-state index contributed by atoms with van der Waals surface area (Å²) in [5.41, 5.74) is 8.95. The van der Waals surface area contributed by atoms with Crippen molar-refractivity contribution in [3.63, 3.8) is 0 Å². The van der Waals surface area contributed by atoms with Crippen molar-refractivity contribution >= 4 is 17.6 Å². The third-order valence-electron chi connectivity index (χ3n) is 5.49. The van der Waals surface area contributed by atoms with E-state index in [1.807, 2.05) is 55.5 Å². The summed E-state index contributed by atoms with van der Waals surface area (Å²) in [5, 5.41) is 14.7. The molecule has 7 nitrogen and oxygen atoms in total. The minimum Gasteiger partial charge on any atom is -0.371 e. The van der Waals surface area contributed by atoms with Crippen LogP contribution in [0, 0.1) is 18.3 Å². The fourth-order valence-corrected chi connectivity index (χ4v) is 3.89. The molecule has 0 aromatic heterocycles. The van der Waals surface area contributed by atoms with E-state index >= 15 is 0 Å². The first-order valence-electron chi connectivity index (χ1n) is 10.1. The summed E-state index contributed by atoms with van der Waals surface area (Å²) >= 11 is 0. The number of amides is 3. The van der Waals surface area contributed by atoms with E-state index in [4.69, 9.17) is 11.0 Å². The lowest BCUT2D eigenvalue weighted by Crippen LogP contribution is -2.46. The van der Waals surface area contributed by atoms with Crippen LogP contribution < -0.4 is 21.3 Å². The number of benzene rings is 2. The number of nitrogens with two attached hydrogens (primary N) is 1. The predicted octanol–water partition coefficient (Wildman–Crippen LogP) is 2.75. The zero-order valence-corrected chi connectivity index (χ0v) is 17.1. The third-order valence-corrected chi connectivity index (χ3v) is 5.49. The smallest absolute Gasteiger partial charge is 0.312 e. The molecule has 2 aromatic carbocycles. The second-order valence-corrected chi connectivity index (χ2v) is 7.61. The Labute approximate surface area is 176 Å². The fraction of sp³-hybridized carbons (Fsp3) is 0.348. The van der Waals surface area contributed by atoms with Crippen molar-refractivity contribution in [2.45, 2.75) is 38.3 Å². The number of hydrogen-bond donors (Lipinski definition) is 3. The number of piperidine rings is 1. The predicted molar refractivity (Wildman–Crippen MR) is 116 cm³/mol. The van der Waals surface area contributed by atoms with E-state index in [-0.39, 0.29) is 18.4 Å². The maximum absolute atomic E-state index is 12.7. The number of carbonyl (C=O) groups excluding carboxylic acids is 2. The molecule has 0 bridgehead atoms. The van der Waals surface area contributed by atoms with Gasteiger partial charge in [-0.15, -0.1) is 0 Å². The number of nitrogens with one attached hydrogen (secondary N) is 2. The van der Waals surface area contributed by atoms with Gasteiger partial charge in [-0.2, -0.15) is 5.26 Å². The molecule has 3 amide bonds. The van der Waals surface area contributed by atoms with E-state index in [1.54, 1.807) is 0 Å². The van der Waals surface area contributed by atoms with Gasteiger partial charge >= 0.3 is 6.03 Å². The highest BCUT2D eigenvalue weighted by molar-refractivity contribution is 5.79. The van der Waals surface area contributed by atoms with E-state index in [9.17, 15) is 9.59 Å². The van der Waals surface area contributed by atoms with E-state index in [1.165, 1.54) is 0 Å². The average Bonchev–Trinajstić information content (AvgIpc) is 2.74. The van der Waals surface area contributed by atoms with Gasteiger partial charge in [-0.1, -0.05) is 24.3 Å². The zero-order chi connectivity index (χ0) is 21.5. The minimum atomic E-state index is -0.647. The molecule has 1 atom stereocenters. The lowest BCUT2D eigenvalue weighted by atomic mass is 9.98. The fourth-order valence-electron chi connectivity index (χ4n) is 3.89. The highest BCUT2D eigenvalue weighted by atomic mass is 16.2. The molecule has 0 aliphatic carbocycles. The second-order valence-electron chi connectivity index (χ2n) is 7.61. The van der Waals surface area contributed by atoms with Crippen LogP contribution in [0.3, 0.4) is 0 Å². The van der Waals surface area contributed by atoms with E-state index in [0.29, 0.717) is 5.56 Å². The van der Waals surface area contributed by atoms with Crippen molar-refractivity contribution in [2.75, 3.05) is 18.0 Å². The summed E-state index contributed by atoms with van der Waals surface area (Å²) in [5.74, 6) is -0.103. The maximum atomic E-state index is 12.7. The molecule has 1 saturated heterocycles. The second kappa shape index (κ2) is 9.79. The van der Waals surface area contributed by atoms with E-state index < -0.39 is 12.1 Å². The van der Waals surface area contributed by atoms with Crippen LogP contribution in [0.15, 0.2) is 48.5 Å². The summed E-state index contributed by atoms with van der Waals surface area (Å²) in [6.07, 6.45) is 1.82. The first kappa shape index (κ1) is 21.2. The van der Waals surface area contributed by atoms with Crippen LogP contribution >= 0.6 is 0 Å². The standard InChI is InChI=1S/C23H27N5O2/c1-16-4-2-3-5-20(16)21(27-23(25)30)14-22(29)26-18-10-12-28(13-11-18)19-8-6-17(15-24)7-9-19/h2-9,18,21H,10-14H2,1H3,(H,26,29)(H3,25,27,30). The van der Waals surface area contributed by atoms with Gasteiger partial charge in [0.15, 0.2) is 0 Å². The molecule has 2 aromatic rings. The van der Waals surface area contributed by atoms with Gasteiger partial charge in [0.1, 0.15) is 0 Å². The van der Waals surface area contributed by atoms with E-state index in [0.717, 1.165) is 42.7 Å². The quantitative estimate of drug-likeness (QED) is 0.686. The maximum Gasteiger partial charge on any atom is 0.312 e. The molecule has 4 N–H and O–H groups in total. The molecular formula is C23H27N5O2. The Morgan fingerprint density at radius 3 is 2.43 bits per heavy atom. The zero-order valence-electron chi connectivity index (χ0n) is 17.1. The molecule has 1 aliphatic rings. The highest BCUT2D eigenvalue weighted by Crippen LogP contribution is 2.23. The molecule has 1 fully saturated rings. The van der Waals surface area contributed by atoms with Crippen LogP contribution in [-0.2, 0) is 4.79 Å². The number of carbonyl (C=O) groups is 2. The van der Waals surface area contributed by atoms with Gasteiger partial charge in [0.2, 0.25) is 5.91 Å². The van der Waals surface area contributed by atoms with Crippen LogP contribution in [0.5, 0.6) is 0 Å². The van der Waals surface area contributed by atoms with E-state index in [2.05, 4.69) is 21.6 Å².